The lowest BCUT2D eigenvalue weighted by molar-refractivity contribution is -0.123. The monoisotopic (exact) mass is 534 g/mol. The molecule has 2 rings (SSSR count). The fourth-order valence-corrected chi connectivity index (χ4v) is 4.93. The number of nitrogens with one attached hydrogen (secondary N) is 2. The Kier molecular flexibility index (Phi) is 12.3. The summed E-state index contributed by atoms with van der Waals surface area (Å²) >= 11 is 0. The summed E-state index contributed by atoms with van der Waals surface area (Å²) < 4.78 is 10.5. The molecule has 2 aliphatic rings. The molecular formula is C28H50N6O4. The molecule has 0 bridgehead atoms. The highest BCUT2D eigenvalue weighted by Crippen LogP contribution is 2.36. The van der Waals surface area contributed by atoms with Crippen molar-refractivity contribution in [3.05, 3.63) is 0 Å². The van der Waals surface area contributed by atoms with Gasteiger partial charge in [-0.1, -0.05) is 34.6 Å². The highest BCUT2D eigenvalue weighted by molar-refractivity contribution is 5.96. The first-order valence-electron chi connectivity index (χ1n) is 14.1. The summed E-state index contributed by atoms with van der Waals surface area (Å²) in [5.74, 6) is -0.0189. The zero-order valence-corrected chi connectivity index (χ0v) is 24.6. The molecule has 0 aromatic rings. The number of nitrogens with zero attached hydrogens (tertiary/aromatic N) is 4. The van der Waals surface area contributed by atoms with E-state index in [2.05, 4.69) is 42.5 Å². The van der Waals surface area contributed by atoms with E-state index >= 15 is 0 Å². The Bertz CT molecular complexity index is 831. The van der Waals surface area contributed by atoms with Crippen molar-refractivity contribution in [1.82, 2.24) is 20.4 Å². The van der Waals surface area contributed by atoms with E-state index in [0.717, 1.165) is 19.4 Å². The number of guanidine groups is 1. The molecule has 2 N–H and O–H groups in total. The van der Waals surface area contributed by atoms with Crippen molar-refractivity contribution in [2.24, 2.45) is 15.8 Å². The Labute approximate surface area is 229 Å². The van der Waals surface area contributed by atoms with Crippen LogP contribution in [0.4, 0.5) is 4.79 Å². The summed E-state index contributed by atoms with van der Waals surface area (Å²) in [5, 5.41) is 15.5. The van der Waals surface area contributed by atoms with Gasteiger partial charge in [-0.2, -0.15) is 5.26 Å². The molecule has 1 saturated heterocycles. The Morgan fingerprint density at radius 1 is 1.24 bits per heavy atom. The Hall–Kier alpha value is -2.38. The van der Waals surface area contributed by atoms with E-state index in [9.17, 15) is 14.9 Å². The van der Waals surface area contributed by atoms with E-state index in [1.807, 2.05) is 25.7 Å². The first-order valence-corrected chi connectivity index (χ1v) is 14.1. The smallest absolute Gasteiger partial charge is 0.413 e. The molecule has 1 unspecified atom stereocenters. The molecule has 0 spiro atoms. The minimum absolute atomic E-state index is 0.206. The predicted octanol–water partition coefficient (Wildman–Crippen LogP) is 3.52. The molecule has 1 aliphatic carbocycles. The normalized spacial score (nSPS) is 20.4. The first kappa shape index (κ1) is 31.8. The molecule has 0 aromatic heterocycles. The maximum absolute atomic E-state index is 13.5. The highest BCUT2D eigenvalue weighted by Gasteiger charge is 2.31. The highest BCUT2D eigenvalue weighted by atomic mass is 16.5. The molecular weight excluding hydrogens is 484 g/mol. The molecule has 0 radical (unpaired) electrons. The summed E-state index contributed by atoms with van der Waals surface area (Å²) in [4.78, 5) is 34.7. The van der Waals surface area contributed by atoms with E-state index in [1.165, 1.54) is 12.8 Å². The van der Waals surface area contributed by atoms with E-state index < -0.39 is 18.2 Å². The molecule has 216 valence electrons. The largest absolute Gasteiger partial charge is 0.450 e. The second kappa shape index (κ2) is 14.7. The van der Waals surface area contributed by atoms with Crippen molar-refractivity contribution in [2.45, 2.75) is 98.2 Å². The van der Waals surface area contributed by atoms with Gasteiger partial charge >= 0.3 is 6.09 Å². The first-order chi connectivity index (χ1) is 17.8. The number of carbonyl (C=O) groups is 2. The van der Waals surface area contributed by atoms with Crippen LogP contribution in [0.25, 0.3) is 0 Å². The van der Waals surface area contributed by atoms with Gasteiger partial charge in [-0.3, -0.25) is 10.1 Å². The summed E-state index contributed by atoms with van der Waals surface area (Å²) in [5.41, 5.74) is 0.202. The van der Waals surface area contributed by atoms with Gasteiger partial charge in [0.15, 0.2) is 0 Å². The second-order valence-corrected chi connectivity index (χ2v) is 12.5. The van der Waals surface area contributed by atoms with Crippen LogP contribution in [0.5, 0.6) is 0 Å². The van der Waals surface area contributed by atoms with Crippen LogP contribution in [-0.4, -0.2) is 92.4 Å². The lowest BCUT2D eigenvalue weighted by Crippen LogP contribution is -2.51. The molecule has 2 fully saturated rings. The van der Waals surface area contributed by atoms with E-state index in [0.29, 0.717) is 56.6 Å². The van der Waals surface area contributed by atoms with Gasteiger partial charge in [-0.25, -0.2) is 9.79 Å². The van der Waals surface area contributed by atoms with Crippen molar-refractivity contribution >= 4 is 18.0 Å². The molecule has 1 saturated carbocycles. The number of ether oxygens (including phenoxy) is 2. The molecule has 38 heavy (non-hydrogen) atoms. The maximum Gasteiger partial charge on any atom is 0.413 e. The van der Waals surface area contributed by atoms with Crippen molar-refractivity contribution in [2.75, 3.05) is 46.5 Å². The lowest BCUT2D eigenvalue weighted by Gasteiger charge is -2.38. The number of aliphatic imine (C=N–C) groups is 1. The summed E-state index contributed by atoms with van der Waals surface area (Å²) in [6.07, 6.45) is 5.11. The van der Waals surface area contributed by atoms with Gasteiger partial charge < -0.3 is 24.6 Å². The van der Waals surface area contributed by atoms with Gasteiger partial charge in [0, 0.05) is 25.7 Å². The third kappa shape index (κ3) is 11.2. The van der Waals surface area contributed by atoms with E-state index in [1.54, 1.807) is 6.92 Å². The number of carbonyl (C=O) groups excluding carboxylic acids is 2. The van der Waals surface area contributed by atoms with Crippen LogP contribution in [0, 0.1) is 22.2 Å². The third-order valence-electron chi connectivity index (χ3n) is 7.36. The number of rotatable bonds is 9. The molecule has 1 heterocycles. The van der Waals surface area contributed by atoms with E-state index in [4.69, 9.17) is 14.5 Å². The maximum atomic E-state index is 13.5. The third-order valence-corrected chi connectivity index (χ3v) is 7.36. The lowest BCUT2D eigenvalue weighted by atomic mass is 9.75. The zero-order valence-electron chi connectivity index (χ0n) is 24.6. The van der Waals surface area contributed by atoms with Gasteiger partial charge in [0.25, 0.3) is 0 Å². The van der Waals surface area contributed by atoms with Gasteiger partial charge in [-0.05, 0) is 63.3 Å². The average molecular weight is 535 g/mol. The quantitative estimate of drug-likeness (QED) is 0.343. The van der Waals surface area contributed by atoms with Crippen molar-refractivity contribution in [3.63, 3.8) is 0 Å². The predicted molar refractivity (Wildman–Crippen MR) is 149 cm³/mol. The summed E-state index contributed by atoms with van der Waals surface area (Å²) in [7, 11) is 2.11. The van der Waals surface area contributed by atoms with Crippen LogP contribution in [0.3, 0.4) is 0 Å². The SMILES string of the molecule is CCOC(=O)NC(=N[C@@H](CC(C)(C)C)C(=O)NC(C#N)CCN(C)C1CCC(C)(C)CC1)N1CCOCC1. The van der Waals surface area contributed by atoms with Crippen molar-refractivity contribution in [1.29, 1.82) is 5.26 Å². The molecule has 10 nitrogen and oxygen atoms in total. The van der Waals surface area contributed by atoms with Crippen LogP contribution < -0.4 is 10.6 Å². The minimum Gasteiger partial charge on any atom is -0.450 e. The molecule has 1 aliphatic heterocycles. The Morgan fingerprint density at radius 2 is 1.87 bits per heavy atom. The molecule has 0 aromatic carbocycles. The van der Waals surface area contributed by atoms with Crippen LogP contribution in [0.15, 0.2) is 4.99 Å². The van der Waals surface area contributed by atoms with Crippen molar-refractivity contribution in [3.8, 4) is 6.07 Å². The molecule has 10 heteroatoms. The Balaban J connectivity index is 2.11. The number of hydrogen-bond acceptors (Lipinski definition) is 7. The van der Waals surface area contributed by atoms with Crippen LogP contribution in [0.1, 0.15) is 80.1 Å². The van der Waals surface area contributed by atoms with E-state index in [-0.39, 0.29) is 17.9 Å². The summed E-state index contributed by atoms with van der Waals surface area (Å²) in [6, 6.07) is 1.39. The average Bonchev–Trinajstić information content (AvgIpc) is 2.85. The Morgan fingerprint density at radius 3 is 2.42 bits per heavy atom. The second-order valence-electron chi connectivity index (χ2n) is 12.5. The van der Waals surface area contributed by atoms with Gasteiger partial charge in [0.05, 0.1) is 25.9 Å². The summed E-state index contributed by atoms with van der Waals surface area (Å²) in [6.45, 7) is 15.6. The topological polar surface area (TPSA) is 119 Å². The van der Waals surface area contributed by atoms with Crippen LogP contribution in [0.2, 0.25) is 0 Å². The number of nitriles is 1. The molecule has 2 amide bonds. The van der Waals surface area contributed by atoms with Crippen LogP contribution >= 0.6 is 0 Å². The number of amides is 2. The fraction of sp³-hybridized carbons (Fsp3) is 0.857. The van der Waals surface area contributed by atoms with Crippen LogP contribution in [-0.2, 0) is 14.3 Å². The van der Waals surface area contributed by atoms with Gasteiger partial charge in [0.2, 0.25) is 11.9 Å². The number of hydrogen-bond donors (Lipinski definition) is 2. The van der Waals surface area contributed by atoms with Gasteiger partial charge in [-0.15, -0.1) is 0 Å². The zero-order chi connectivity index (χ0) is 28.3. The van der Waals surface area contributed by atoms with Crippen molar-refractivity contribution < 1.29 is 19.1 Å². The number of alkyl carbamates (subject to hydrolysis) is 1. The minimum atomic E-state index is -0.774. The number of morpholine rings is 1. The molecule has 2 atom stereocenters. The fourth-order valence-electron chi connectivity index (χ4n) is 4.93. The van der Waals surface area contributed by atoms with Gasteiger partial charge in [0.1, 0.15) is 12.1 Å². The standard InChI is InChI=1S/C28H50N6O4/c1-8-38-26(36)32-25(34-15-17-37-18-16-34)31-23(19-27(2,3)4)24(35)30-21(20-29)11-14-33(7)22-9-12-28(5,6)13-10-22/h21-23H,8-19H2,1-7H3,(H,30,35)(H,31,32,36)/t21?,23-/m0/s1.